The van der Waals surface area contributed by atoms with Crippen molar-refractivity contribution in [3.8, 4) is 0 Å². The zero-order valence-electron chi connectivity index (χ0n) is 15.6. The van der Waals surface area contributed by atoms with Crippen LogP contribution in [-0.4, -0.2) is 69.4 Å². The summed E-state index contributed by atoms with van der Waals surface area (Å²) in [5.41, 5.74) is 1.18. The number of rotatable bonds is 4. The Balaban J connectivity index is 1.30. The van der Waals surface area contributed by atoms with Gasteiger partial charge in [0.2, 0.25) is 0 Å². The molecule has 0 atom stereocenters. The second-order valence-corrected chi connectivity index (χ2v) is 9.26. The van der Waals surface area contributed by atoms with Crippen LogP contribution in [0.1, 0.15) is 15.9 Å². The average molecular weight is 478 g/mol. The minimum atomic E-state index is -3.60. The second-order valence-electron chi connectivity index (χ2n) is 6.83. The van der Waals surface area contributed by atoms with Crippen LogP contribution in [0.5, 0.6) is 0 Å². The van der Waals surface area contributed by atoms with Crippen molar-refractivity contribution in [2.45, 2.75) is 4.90 Å². The van der Waals surface area contributed by atoms with Gasteiger partial charge in [0.15, 0.2) is 5.84 Å². The number of sulfonamides is 1. The van der Waals surface area contributed by atoms with Crippen molar-refractivity contribution in [3.05, 3.63) is 64.1 Å². The summed E-state index contributed by atoms with van der Waals surface area (Å²) in [6, 6.07) is 14.1. The van der Waals surface area contributed by atoms with E-state index in [2.05, 4.69) is 25.2 Å². The van der Waals surface area contributed by atoms with Crippen LogP contribution in [0.25, 0.3) is 0 Å². The minimum absolute atomic E-state index is 0.274. The molecular weight excluding hydrogens is 458 g/mol. The number of hydrogen-bond donors (Lipinski definition) is 0. The maximum Gasteiger partial charge on any atom is 0.339 e. The van der Waals surface area contributed by atoms with E-state index in [1.54, 1.807) is 36.4 Å². The van der Waals surface area contributed by atoms with Crippen LogP contribution in [0.4, 0.5) is 0 Å². The Hall–Kier alpha value is -2.23. The van der Waals surface area contributed by atoms with Gasteiger partial charge in [-0.2, -0.15) is 8.42 Å². The molecule has 0 aliphatic carbocycles. The molecule has 4 rings (SSSR count). The molecule has 2 heterocycles. The second kappa shape index (κ2) is 8.25. The zero-order chi connectivity index (χ0) is 20.4. The van der Waals surface area contributed by atoms with Crippen LogP contribution in [0.3, 0.4) is 0 Å². The molecule has 2 aromatic carbocycles. The first-order chi connectivity index (χ1) is 14.0. The van der Waals surface area contributed by atoms with E-state index in [4.69, 9.17) is 4.74 Å². The van der Waals surface area contributed by atoms with Gasteiger partial charge in [-0.1, -0.05) is 24.3 Å². The van der Waals surface area contributed by atoms with Gasteiger partial charge in [0.1, 0.15) is 11.5 Å². The van der Waals surface area contributed by atoms with Crippen molar-refractivity contribution in [1.82, 2.24) is 9.80 Å². The normalized spacial score (nSPS) is 18.2. The molecule has 9 heteroatoms. The molecule has 0 radical (unpaired) electrons. The molecular formula is C20H20BrN3O4S. The monoisotopic (exact) mass is 477 g/mol. The SMILES string of the molecule is O=C(OCCN1CCN(C2=NS(=O)(=O)c3ccccc32)CC1)c1ccccc1Br. The van der Waals surface area contributed by atoms with E-state index in [0.29, 0.717) is 47.7 Å². The quantitative estimate of drug-likeness (QED) is 0.628. The van der Waals surface area contributed by atoms with Gasteiger partial charge in [0, 0.05) is 42.8 Å². The predicted molar refractivity (Wildman–Crippen MR) is 113 cm³/mol. The number of fused-ring (bicyclic) bond motifs is 1. The van der Waals surface area contributed by atoms with Crippen molar-refractivity contribution in [1.29, 1.82) is 0 Å². The summed E-state index contributed by atoms with van der Waals surface area (Å²) in [5, 5.41) is 0. The van der Waals surface area contributed by atoms with Crippen molar-refractivity contribution in [2.24, 2.45) is 4.40 Å². The molecule has 0 saturated carbocycles. The number of piperazine rings is 1. The topological polar surface area (TPSA) is 79.3 Å². The lowest BCUT2D eigenvalue weighted by molar-refractivity contribution is 0.0441. The highest BCUT2D eigenvalue weighted by atomic mass is 79.9. The number of amidine groups is 1. The highest BCUT2D eigenvalue weighted by Crippen LogP contribution is 2.27. The molecule has 152 valence electrons. The van der Waals surface area contributed by atoms with Gasteiger partial charge in [-0.05, 0) is 40.2 Å². The third kappa shape index (κ3) is 4.22. The summed E-state index contributed by atoms with van der Waals surface area (Å²) in [6.45, 7) is 3.76. The van der Waals surface area contributed by atoms with Gasteiger partial charge >= 0.3 is 5.97 Å². The Morgan fingerprint density at radius 1 is 1.03 bits per heavy atom. The zero-order valence-corrected chi connectivity index (χ0v) is 18.0. The molecule has 2 aromatic rings. The number of esters is 1. The molecule has 1 saturated heterocycles. The van der Waals surface area contributed by atoms with E-state index in [0.717, 1.165) is 13.1 Å². The van der Waals surface area contributed by atoms with Gasteiger partial charge in [0.25, 0.3) is 10.0 Å². The highest BCUT2D eigenvalue weighted by Gasteiger charge is 2.32. The first-order valence-corrected chi connectivity index (χ1v) is 11.5. The van der Waals surface area contributed by atoms with Crippen LogP contribution >= 0.6 is 15.9 Å². The van der Waals surface area contributed by atoms with Crippen molar-refractivity contribution < 1.29 is 17.9 Å². The van der Waals surface area contributed by atoms with E-state index < -0.39 is 10.0 Å². The standard InChI is InChI=1S/C20H20BrN3O4S/c21-17-7-3-1-5-15(17)20(25)28-14-13-23-9-11-24(12-10-23)19-16-6-2-4-8-18(16)29(26,27)22-19/h1-8H,9-14H2. The lowest BCUT2D eigenvalue weighted by atomic mass is 10.1. The van der Waals surface area contributed by atoms with Crippen LogP contribution in [0.15, 0.2) is 62.3 Å². The van der Waals surface area contributed by atoms with Crippen molar-refractivity contribution in [3.63, 3.8) is 0 Å². The number of carbonyl (C=O) groups excluding carboxylic acids is 1. The molecule has 29 heavy (non-hydrogen) atoms. The van der Waals surface area contributed by atoms with Crippen LogP contribution in [0.2, 0.25) is 0 Å². The Morgan fingerprint density at radius 2 is 1.72 bits per heavy atom. The maximum absolute atomic E-state index is 12.2. The molecule has 0 aromatic heterocycles. The van der Waals surface area contributed by atoms with Crippen LogP contribution in [0, 0.1) is 0 Å². The van der Waals surface area contributed by atoms with E-state index in [-0.39, 0.29) is 10.9 Å². The Kier molecular flexibility index (Phi) is 5.71. The first-order valence-electron chi connectivity index (χ1n) is 9.29. The van der Waals surface area contributed by atoms with Crippen LogP contribution < -0.4 is 0 Å². The molecule has 0 N–H and O–H groups in total. The highest BCUT2D eigenvalue weighted by molar-refractivity contribution is 9.10. The number of halogens is 1. The van der Waals surface area contributed by atoms with E-state index in [9.17, 15) is 13.2 Å². The molecule has 2 aliphatic rings. The van der Waals surface area contributed by atoms with E-state index in [1.165, 1.54) is 0 Å². The molecule has 7 nitrogen and oxygen atoms in total. The lowest BCUT2D eigenvalue weighted by Crippen LogP contribution is -2.49. The lowest BCUT2D eigenvalue weighted by Gasteiger charge is -2.35. The summed E-state index contributed by atoms with van der Waals surface area (Å²) in [7, 11) is -3.60. The predicted octanol–water partition coefficient (Wildman–Crippen LogP) is 2.37. The van der Waals surface area contributed by atoms with Gasteiger partial charge in [-0.3, -0.25) is 4.90 Å². The smallest absolute Gasteiger partial charge is 0.339 e. The number of carbonyl (C=O) groups is 1. The largest absolute Gasteiger partial charge is 0.461 e. The summed E-state index contributed by atoms with van der Waals surface area (Å²) in [5.74, 6) is 0.179. The Labute approximate surface area is 178 Å². The van der Waals surface area contributed by atoms with Crippen molar-refractivity contribution in [2.75, 3.05) is 39.3 Å². The van der Waals surface area contributed by atoms with E-state index in [1.807, 2.05) is 17.0 Å². The minimum Gasteiger partial charge on any atom is -0.461 e. The fraction of sp³-hybridized carbons (Fsp3) is 0.300. The Morgan fingerprint density at radius 3 is 2.48 bits per heavy atom. The number of hydrogen-bond acceptors (Lipinski definition) is 6. The first kappa shape index (κ1) is 20.1. The van der Waals surface area contributed by atoms with Crippen LogP contribution in [-0.2, 0) is 14.8 Å². The van der Waals surface area contributed by atoms with Crippen molar-refractivity contribution >= 4 is 37.8 Å². The van der Waals surface area contributed by atoms with Gasteiger partial charge in [0.05, 0.1) is 5.56 Å². The number of nitrogens with zero attached hydrogens (tertiary/aromatic N) is 3. The molecule has 0 amide bonds. The third-order valence-electron chi connectivity index (χ3n) is 5.02. The molecule has 1 fully saturated rings. The third-order valence-corrected chi connectivity index (χ3v) is 7.04. The molecule has 0 bridgehead atoms. The van der Waals surface area contributed by atoms with Gasteiger partial charge in [-0.25, -0.2) is 4.79 Å². The number of benzene rings is 2. The fourth-order valence-corrected chi connectivity index (χ4v) is 5.15. The molecule has 0 unspecified atom stereocenters. The Bertz CT molecular complexity index is 1060. The van der Waals surface area contributed by atoms with Gasteiger partial charge in [-0.15, -0.1) is 4.40 Å². The molecule has 2 aliphatic heterocycles. The average Bonchev–Trinajstić information content (AvgIpc) is 3.00. The summed E-state index contributed by atoms with van der Waals surface area (Å²) < 4.78 is 34.6. The summed E-state index contributed by atoms with van der Waals surface area (Å²) >= 11 is 3.35. The van der Waals surface area contributed by atoms with E-state index >= 15 is 0 Å². The summed E-state index contributed by atoms with van der Waals surface area (Å²) in [6.07, 6.45) is 0. The summed E-state index contributed by atoms with van der Waals surface area (Å²) in [4.78, 5) is 16.6. The van der Waals surface area contributed by atoms with Gasteiger partial charge < -0.3 is 9.64 Å². The maximum atomic E-state index is 12.2. The fourth-order valence-electron chi connectivity index (χ4n) is 3.47. The number of ether oxygens (including phenoxy) is 1. The molecule has 0 spiro atoms.